The Bertz CT molecular complexity index is 1090. The first-order chi connectivity index (χ1) is 13.1. The number of hydrogen-bond donors (Lipinski definition) is 1. The Kier molecular flexibility index (Phi) is 4.54. The fraction of sp³-hybridized carbons (Fsp3) is 0.182. The van der Waals surface area contributed by atoms with Crippen LogP contribution >= 0.6 is 11.3 Å². The van der Waals surface area contributed by atoms with Gasteiger partial charge in [0.25, 0.3) is 5.91 Å². The molecule has 0 aliphatic rings. The van der Waals surface area contributed by atoms with Crippen LogP contribution in [0.25, 0.3) is 15.9 Å². The highest BCUT2D eigenvalue weighted by atomic mass is 32.1. The Morgan fingerprint density at radius 2 is 1.74 bits per heavy atom. The number of aromatic nitrogens is 2. The van der Waals surface area contributed by atoms with Gasteiger partial charge in [-0.3, -0.25) is 4.79 Å². The standard InChI is InChI=1S/C22H21N3OS/c1-14-11-12-15(2)25(14)19-18-10-7-13-23-22(18)27-20(19)21(26)24-16(3)17-8-5-4-6-9-17/h4-13,16H,1-3H3,(H,24,26)/t16-/m0/s1. The van der Waals surface area contributed by atoms with Crippen LogP contribution in [-0.2, 0) is 0 Å². The van der Waals surface area contributed by atoms with E-state index in [1.54, 1.807) is 6.20 Å². The van der Waals surface area contributed by atoms with Crippen molar-refractivity contribution in [2.45, 2.75) is 26.8 Å². The van der Waals surface area contributed by atoms with Gasteiger partial charge in [0.1, 0.15) is 9.71 Å². The van der Waals surface area contributed by atoms with Crippen LogP contribution in [0.3, 0.4) is 0 Å². The third kappa shape index (κ3) is 3.15. The van der Waals surface area contributed by atoms with E-state index in [0.29, 0.717) is 4.88 Å². The zero-order valence-corrected chi connectivity index (χ0v) is 16.4. The van der Waals surface area contributed by atoms with Gasteiger partial charge in [-0.2, -0.15) is 0 Å². The molecule has 136 valence electrons. The van der Waals surface area contributed by atoms with Crippen molar-refractivity contribution in [1.29, 1.82) is 0 Å². The van der Waals surface area contributed by atoms with Gasteiger partial charge >= 0.3 is 0 Å². The van der Waals surface area contributed by atoms with Gasteiger partial charge in [0.05, 0.1) is 11.7 Å². The van der Waals surface area contributed by atoms with E-state index in [1.807, 2.05) is 49.4 Å². The molecule has 1 aromatic carbocycles. The number of rotatable bonds is 4. The molecule has 0 saturated carbocycles. The molecule has 0 bridgehead atoms. The number of aryl methyl sites for hydroxylation is 2. The van der Waals surface area contributed by atoms with E-state index in [9.17, 15) is 4.79 Å². The molecule has 0 radical (unpaired) electrons. The molecule has 0 saturated heterocycles. The molecule has 4 nitrogen and oxygen atoms in total. The summed E-state index contributed by atoms with van der Waals surface area (Å²) in [6.07, 6.45) is 1.77. The first kappa shape index (κ1) is 17.5. The number of thiophene rings is 1. The van der Waals surface area contributed by atoms with E-state index in [-0.39, 0.29) is 11.9 Å². The molecule has 1 amide bonds. The van der Waals surface area contributed by atoms with E-state index >= 15 is 0 Å². The van der Waals surface area contributed by atoms with Crippen LogP contribution in [0.2, 0.25) is 0 Å². The molecule has 27 heavy (non-hydrogen) atoms. The maximum absolute atomic E-state index is 13.2. The predicted octanol–water partition coefficient (Wildman–Crippen LogP) is 5.19. The summed E-state index contributed by atoms with van der Waals surface area (Å²) in [5, 5.41) is 4.15. The molecule has 4 aromatic rings. The summed E-state index contributed by atoms with van der Waals surface area (Å²) in [4.78, 5) is 19.2. The highest BCUT2D eigenvalue weighted by molar-refractivity contribution is 7.21. The number of carbonyl (C=O) groups is 1. The number of fused-ring (bicyclic) bond motifs is 1. The fourth-order valence-corrected chi connectivity index (χ4v) is 4.44. The lowest BCUT2D eigenvalue weighted by molar-refractivity contribution is 0.0944. The van der Waals surface area contributed by atoms with E-state index in [0.717, 1.165) is 32.9 Å². The quantitative estimate of drug-likeness (QED) is 0.533. The zero-order chi connectivity index (χ0) is 19.0. The van der Waals surface area contributed by atoms with Crippen molar-refractivity contribution in [3.63, 3.8) is 0 Å². The van der Waals surface area contributed by atoms with Gasteiger partial charge in [0.15, 0.2) is 0 Å². The monoisotopic (exact) mass is 375 g/mol. The number of benzene rings is 1. The molecule has 0 aliphatic carbocycles. The number of nitrogens with zero attached hydrogens (tertiary/aromatic N) is 2. The molecular weight excluding hydrogens is 354 g/mol. The highest BCUT2D eigenvalue weighted by Gasteiger charge is 2.23. The molecule has 3 aromatic heterocycles. The van der Waals surface area contributed by atoms with Crippen LogP contribution in [0.4, 0.5) is 0 Å². The summed E-state index contributed by atoms with van der Waals surface area (Å²) in [5.74, 6) is -0.0724. The summed E-state index contributed by atoms with van der Waals surface area (Å²) in [6.45, 7) is 6.12. The van der Waals surface area contributed by atoms with Crippen LogP contribution < -0.4 is 5.32 Å². The molecule has 0 fully saturated rings. The molecule has 0 aliphatic heterocycles. The van der Waals surface area contributed by atoms with Crippen molar-refractivity contribution in [1.82, 2.24) is 14.9 Å². The van der Waals surface area contributed by atoms with Crippen LogP contribution in [0.15, 0.2) is 60.8 Å². The van der Waals surface area contributed by atoms with Gasteiger partial charge in [-0.1, -0.05) is 30.3 Å². The van der Waals surface area contributed by atoms with Crippen molar-refractivity contribution < 1.29 is 4.79 Å². The molecule has 4 rings (SSSR count). The lowest BCUT2D eigenvalue weighted by atomic mass is 10.1. The highest BCUT2D eigenvalue weighted by Crippen LogP contribution is 2.35. The third-order valence-corrected chi connectivity index (χ3v) is 5.89. The molecule has 1 atom stereocenters. The van der Waals surface area contributed by atoms with Crippen molar-refractivity contribution in [3.8, 4) is 5.69 Å². The van der Waals surface area contributed by atoms with Crippen molar-refractivity contribution in [2.75, 3.05) is 0 Å². The topological polar surface area (TPSA) is 46.9 Å². The molecule has 0 spiro atoms. The second-order valence-electron chi connectivity index (χ2n) is 6.69. The summed E-state index contributed by atoms with van der Waals surface area (Å²) in [7, 11) is 0. The van der Waals surface area contributed by atoms with Crippen molar-refractivity contribution >= 4 is 27.5 Å². The number of amides is 1. The van der Waals surface area contributed by atoms with Gasteiger partial charge in [0, 0.05) is 23.0 Å². The average molecular weight is 375 g/mol. The lowest BCUT2D eigenvalue weighted by Crippen LogP contribution is -2.26. The number of hydrogen-bond acceptors (Lipinski definition) is 3. The summed E-state index contributed by atoms with van der Waals surface area (Å²) >= 11 is 1.44. The second-order valence-corrected chi connectivity index (χ2v) is 7.69. The average Bonchev–Trinajstić information content (AvgIpc) is 3.22. The minimum atomic E-state index is -0.0726. The lowest BCUT2D eigenvalue weighted by Gasteiger charge is -2.16. The Morgan fingerprint density at radius 3 is 2.44 bits per heavy atom. The van der Waals surface area contributed by atoms with E-state index in [1.165, 1.54) is 11.3 Å². The Morgan fingerprint density at radius 1 is 1.04 bits per heavy atom. The fourth-order valence-electron chi connectivity index (χ4n) is 3.40. The minimum Gasteiger partial charge on any atom is -0.345 e. The Labute approximate surface area is 162 Å². The molecule has 3 heterocycles. The third-order valence-electron chi connectivity index (χ3n) is 4.79. The summed E-state index contributed by atoms with van der Waals surface area (Å²) in [5.41, 5.74) is 4.20. The van der Waals surface area contributed by atoms with Gasteiger partial charge in [-0.15, -0.1) is 11.3 Å². The maximum atomic E-state index is 13.2. The Hall–Kier alpha value is -2.92. The normalized spacial score (nSPS) is 12.3. The van der Waals surface area contributed by atoms with Crippen LogP contribution in [0.1, 0.15) is 39.6 Å². The number of carbonyl (C=O) groups excluding carboxylic acids is 1. The summed E-state index contributed by atoms with van der Waals surface area (Å²) < 4.78 is 2.14. The molecular formula is C22H21N3OS. The minimum absolute atomic E-state index is 0.0724. The van der Waals surface area contributed by atoms with Crippen LogP contribution in [-0.4, -0.2) is 15.5 Å². The first-order valence-electron chi connectivity index (χ1n) is 8.95. The van der Waals surface area contributed by atoms with E-state index in [2.05, 4.69) is 40.8 Å². The van der Waals surface area contributed by atoms with Crippen LogP contribution in [0, 0.1) is 13.8 Å². The predicted molar refractivity (Wildman–Crippen MR) is 111 cm³/mol. The van der Waals surface area contributed by atoms with E-state index < -0.39 is 0 Å². The van der Waals surface area contributed by atoms with Gasteiger partial charge in [-0.25, -0.2) is 4.98 Å². The molecule has 0 unspecified atom stereocenters. The molecule has 1 N–H and O–H groups in total. The molecule has 5 heteroatoms. The van der Waals surface area contributed by atoms with Gasteiger partial charge in [-0.05, 0) is 50.6 Å². The van der Waals surface area contributed by atoms with Gasteiger partial charge in [0.2, 0.25) is 0 Å². The van der Waals surface area contributed by atoms with Crippen molar-refractivity contribution in [3.05, 3.63) is 82.6 Å². The van der Waals surface area contributed by atoms with E-state index in [4.69, 9.17) is 0 Å². The number of pyridine rings is 1. The first-order valence-corrected chi connectivity index (χ1v) is 9.76. The SMILES string of the molecule is Cc1ccc(C)n1-c1c(C(=O)N[C@@H](C)c2ccccc2)sc2ncccc12. The summed E-state index contributed by atoms with van der Waals surface area (Å²) in [6, 6.07) is 18.0. The largest absolute Gasteiger partial charge is 0.345 e. The maximum Gasteiger partial charge on any atom is 0.264 e. The Balaban J connectivity index is 1.80. The van der Waals surface area contributed by atoms with Crippen LogP contribution in [0.5, 0.6) is 0 Å². The zero-order valence-electron chi connectivity index (χ0n) is 15.6. The van der Waals surface area contributed by atoms with Crippen molar-refractivity contribution in [2.24, 2.45) is 0 Å². The van der Waals surface area contributed by atoms with Gasteiger partial charge < -0.3 is 9.88 Å². The smallest absolute Gasteiger partial charge is 0.264 e. The second kappa shape index (κ2) is 7.00. The number of nitrogens with one attached hydrogen (secondary N) is 1.